The summed E-state index contributed by atoms with van der Waals surface area (Å²) in [5, 5.41) is 3.03. The smallest absolute Gasteiger partial charge is 0.326 e. The molecule has 8 heteroatoms. The number of halogens is 4. The summed E-state index contributed by atoms with van der Waals surface area (Å²) >= 11 is 5.83. The molecule has 0 saturated heterocycles. The Kier molecular flexibility index (Phi) is 6.26. The number of hydrogen-bond donors (Lipinski definition) is 1. The van der Waals surface area contributed by atoms with Crippen LogP contribution in [0.1, 0.15) is 18.9 Å². The van der Waals surface area contributed by atoms with E-state index in [0.717, 1.165) is 17.9 Å². The predicted molar refractivity (Wildman–Crippen MR) is 94.2 cm³/mol. The molecule has 0 aliphatic heterocycles. The Morgan fingerprint density at radius 3 is 2.42 bits per heavy atom. The van der Waals surface area contributed by atoms with E-state index in [1.807, 2.05) is 0 Å². The molecule has 0 aliphatic rings. The van der Waals surface area contributed by atoms with E-state index in [1.54, 1.807) is 24.3 Å². The van der Waals surface area contributed by atoms with E-state index < -0.39 is 23.6 Å². The van der Waals surface area contributed by atoms with Gasteiger partial charge in [-0.3, -0.25) is 9.59 Å². The fraction of sp³-hybridized carbons (Fsp3) is 0.222. The molecule has 0 radical (unpaired) electrons. The van der Waals surface area contributed by atoms with Gasteiger partial charge in [-0.25, -0.2) is 0 Å². The molecule has 138 valence electrons. The number of alkyl halides is 3. The van der Waals surface area contributed by atoms with E-state index in [9.17, 15) is 22.8 Å². The highest BCUT2D eigenvalue weighted by atomic mass is 35.5. The number of carbonyl (C=O) groups excluding carboxylic acids is 2. The zero-order chi connectivity index (χ0) is 19.3. The van der Waals surface area contributed by atoms with Crippen LogP contribution in [0.25, 0.3) is 0 Å². The molecule has 0 unspecified atom stereocenters. The molecule has 0 aromatic heterocycles. The Bertz CT molecular complexity index is 809. The van der Waals surface area contributed by atoms with Gasteiger partial charge in [0.25, 0.3) is 0 Å². The number of nitrogens with zero attached hydrogens (tertiary/aromatic N) is 1. The van der Waals surface area contributed by atoms with Crippen molar-refractivity contribution in [1.82, 2.24) is 0 Å². The van der Waals surface area contributed by atoms with E-state index in [2.05, 4.69) is 5.32 Å². The third-order valence-corrected chi connectivity index (χ3v) is 3.79. The van der Waals surface area contributed by atoms with Gasteiger partial charge in [-0.15, -0.1) is 0 Å². The molecular weight excluding hydrogens is 369 g/mol. The Morgan fingerprint density at radius 2 is 1.81 bits per heavy atom. The summed E-state index contributed by atoms with van der Waals surface area (Å²) in [6, 6.07) is 11.2. The summed E-state index contributed by atoms with van der Waals surface area (Å²) in [7, 11) is 0. The quantitative estimate of drug-likeness (QED) is 0.809. The van der Waals surface area contributed by atoms with E-state index in [1.165, 1.54) is 18.2 Å². The van der Waals surface area contributed by atoms with Gasteiger partial charge in [0.05, 0.1) is 11.3 Å². The summed E-state index contributed by atoms with van der Waals surface area (Å²) in [6.07, 6.45) is -4.77. The lowest BCUT2D eigenvalue weighted by atomic mass is 10.1. The highest BCUT2D eigenvalue weighted by Crippen LogP contribution is 2.36. The lowest BCUT2D eigenvalue weighted by Crippen LogP contribution is -2.33. The lowest BCUT2D eigenvalue weighted by Gasteiger charge is -2.24. The van der Waals surface area contributed by atoms with Gasteiger partial charge in [0.1, 0.15) is 0 Å². The number of benzene rings is 2. The number of carbonyl (C=O) groups is 2. The van der Waals surface area contributed by atoms with Crippen LogP contribution in [0.15, 0.2) is 48.5 Å². The largest absolute Gasteiger partial charge is 0.418 e. The molecule has 0 bridgehead atoms. The summed E-state index contributed by atoms with van der Waals surface area (Å²) in [6.45, 7) is 0.969. The minimum Gasteiger partial charge on any atom is -0.326 e. The van der Waals surface area contributed by atoms with Gasteiger partial charge < -0.3 is 10.2 Å². The number of rotatable bonds is 5. The summed E-state index contributed by atoms with van der Waals surface area (Å²) < 4.78 is 39.5. The highest BCUT2D eigenvalue weighted by Gasteiger charge is 2.35. The molecule has 2 aromatic carbocycles. The molecule has 0 aliphatic carbocycles. The van der Waals surface area contributed by atoms with Crippen LogP contribution in [-0.2, 0) is 15.8 Å². The zero-order valence-electron chi connectivity index (χ0n) is 13.8. The molecule has 4 nitrogen and oxygen atoms in total. The van der Waals surface area contributed by atoms with Crippen LogP contribution in [0.4, 0.5) is 24.5 Å². The second-order valence-corrected chi connectivity index (χ2v) is 5.93. The highest BCUT2D eigenvalue weighted by molar-refractivity contribution is 6.30. The topological polar surface area (TPSA) is 49.4 Å². The van der Waals surface area contributed by atoms with Crippen LogP contribution in [0.5, 0.6) is 0 Å². The zero-order valence-corrected chi connectivity index (χ0v) is 14.6. The average Bonchev–Trinajstić information content (AvgIpc) is 2.54. The van der Waals surface area contributed by atoms with Gasteiger partial charge in [-0.05, 0) is 30.3 Å². The van der Waals surface area contributed by atoms with E-state index in [4.69, 9.17) is 11.6 Å². The molecule has 1 N–H and O–H groups in total. The van der Waals surface area contributed by atoms with Gasteiger partial charge in [0.15, 0.2) is 0 Å². The van der Waals surface area contributed by atoms with Crippen molar-refractivity contribution in [3.63, 3.8) is 0 Å². The van der Waals surface area contributed by atoms with Gasteiger partial charge in [-0.1, -0.05) is 29.8 Å². The molecule has 2 amide bonds. The van der Waals surface area contributed by atoms with Crippen molar-refractivity contribution in [1.29, 1.82) is 0 Å². The number of nitrogens with one attached hydrogen (secondary N) is 1. The van der Waals surface area contributed by atoms with Crippen LogP contribution in [0.3, 0.4) is 0 Å². The number of amides is 2. The molecule has 0 fully saturated rings. The summed E-state index contributed by atoms with van der Waals surface area (Å²) in [5.41, 5.74) is -0.735. The maximum Gasteiger partial charge on any atom is 0.418 e. The minimum atomic E-state index is -4.60. The number of para-hydroxylation sites is 1. The van der Waals surface area contributed by atoms with Crippen molar-refractivity contribution in [3.05, 3.63) is 59.1 Å². The standard InChI is InChI=1S/C18H16ClF3N2O2/c1-12(25)24(16-8-3-2-7-15(16)18(20,21)22)10-9-17(26)23-14-6-4-5-13(19)11-14/h2-8,11H,9-10H2,1H3,(H,23,26). The van der Waals surface area contributed by atoms with Gasteiger partial charge in [0.2, 0.25) is 11.8 Å². The molecule has 26 heavy (non-hydrogen) atoms. The fourth-order valence-electron chi connectivity index (χ4n) is 2.40. The number of anilines is 2. The second-order valence-electron chi connectivity index (χ2n) is 5.49. The molecule has 2 rings (SSSR count). The van der Waals surface area contributed by atoms with E-state index in [-0.39, 0.29) is 18.7 Å². The van der Waals surface area contributed by atoms with E-state index in [0.29, 0.717) is 10.7 Å². The molecule has 0 saturated carbocycles. The van der Waals surface area contributed by atoms with E-state index >= 15 is 0 Å². The second kappa shape index (κ2) is 8.23. The van der Waals surface area contributed by atoms with Crippen LogP contribution >= 0.6 is 11.6 Å². The van der Waals surface area contributed by atoms with Crippen molar-refractivity contribution < 1.29 is 22.8 Å². The first-order valence-corrected chi connectivity index (χ1v) is 8.06. The van der Waals surface area contributed by atoms with Gasteiger partial charge >= 0.3 is 6.18 Å². The first kappa shape index (κ1) is 19.8. The predicted octanol–water partition coefficient (Wildman–Crippen LogP) is 4.74. The lowest BCUT2D eigenvalue weighted by molar-refractivity contribution is -0.137. The molecule has 0 atom stereocenters. The molecule has 2 aromatic rings. The normalized spacial score (nSPS) is 11.1. The van der Waals surface area contributed by atoms with Crippen LogP contribution in [0, 0.1) is 0 Å². The van der Waals surface area contributed by atoms with Gasteiger partial charge in [-0.2, -0.15) is 13.2 Å². The summed E-state index contributed by atoms with van der Waals surface area (Å²) in [5.74, 6) is -1.03. The third-order valence-electron chi connectivity index (χ3n) is 3.55. The third kappa shape index (κ3) is 5.23. The van der Waals surface area contributed by atoms with Crippen molar-refractivity contribution in [2.24, 2.45) is 0 Å². The maximum atomic E-state index is 13.2. The number of hydrogen-bond acceptors (Lipinski definition) is 2. The van der Waals surface area contributed by atoms with Crippen LogP contribution < -0.4 is 10.2 Å². The first-order valence-electron chi connectivity index (χ1n) is 7.68. The maximum absolute atomic E-state index is 13.2. The fourth-order valence-corrected chi connectivity index (χ4v) is 2.59. The average molecular weight is 385 g/mol. The Balaban J connectivity index is 2.12. The molecule has 0 heterocycles. The van der Waals surface area contributed by atoms with Crippen molar-refractivity contribution in [3.8, 4) is 0 Å². The SMILES string of the molecule is CC(=O)N(CCC(=O)Nc1cccc(Cl)c1)c1ccccc1C(F)(F)F. The Morgan fingerprint density at radius 1 is 1.12 bits per heavy atom. The van der Waals surface area contributed by atoms with Crippen molar-refractivity contribution in [2.75, 3.05) is 16.8 Å². The molecule has 0 spiro atoms. The Labute approximate surface area is 153 Å². The summed E-state index contributed by atoms with van der Waals surface area (Å²) in [4.78, 5) is 24.8. The van der Waals surface area contributed by atoms with Crippen molar-refractivity contribution >= 4 is 34.8 Å². The monoisotopic (exact) mass is 384 g/mol. The Hall–Kier alpha value is -2.54. The van der Waals surface area contributed by atoms with Crippen LogP contribution in [0.2, 0.25) is 5.02 Å². The first-order chi connectivity index (χ1) is 12.2. The van der Waals surface area contributed by atoms with Crippen molar-refractivity contribution in [2.45, 2.75) is 19.5 Å². The van der Waals surface area contributed by atoms with Gasteiger partial charge in [0, 0.05) is 30.6 Å². The minimum absolute atomic E-state index is 0.168. The molecular formula is C18H16ClF3N2O2. The van der Waals surface area contributed by atoms with Crippen LogP contribution in [-0.4, -0.2) is 18.4 Å².